The highest BCUT2D eigenvalue weighted by Crippen LogP contribution is 2.17. The maximum absolute atomic E-state index is 12.3. The lowest BCUT2D eigenvalue weighted by molar-refractivity contribution is -0.124. The molecule has 1 aromatic heterocycles. The third-order valence-corrected chi connectivity index (χ3v) is 4.80. The van der Waals surface area contributed by atoms with Crippen molar-refractivity contribution < 1.29 is 4.79 Å². The SMILES string of the molecule is CCc1ncc(CN(/N=C/c2ccc(C)c(Br)c2)C(=O)C=NC)cc1C. The molecule has 0 atom stereocenters. The van der Waals surface area contributed by atoms with Crippen molar-refractivity contribution in [2.75, 3.05) is 7.05 Å². The van der Waals surface area contributed by atoms with Gasteiger partial charge in [-0.05, 0) is 48.6 Å². The van der Waals surface area contributed by atoms with Crippen LogP contribution in [0, 0.1) is 13.8 Å². The molecule has 0 N–H and O–H groups in total. The lowest BCUT2D eigenvalue weighted by Gasteiger charge is -2.16. The highest BCUT2D eigenvalue weighted by Gasteiger charge is 2.12. The predicted molar refractivity (Wildman–Crippen MR) is 110 cm³/mol. The van der Waals surface area contributed by atoms with Crippen LogP contribution in [0.4, 0.5) is 0 Å². The molecule has 0 radical (unpaired) electrons. The molecular formula is C20H23BrN4O. The first kappa shape index (κ1) is 20.0. The molecule has 0 spiro atoms. The molecule has 26 heavy (non-hydrogen) atoms. The first-order valence-electron chi connectivity index (χ1n) is 8.42. The summed E-state index contributed by atoms with van der Waals surface area (Å²) >= 11 is 3.51. The van der Waals surface area contributed by atoms with Crippen LogP contribution in [0.15, 0.2) is 45.0 Å². The van der Waals surface area contributed by atoms with E-state index < -0.39 is 0 Å². The molecule has 136 valence electrons. The van der Waals surface area contributed by atoms with E-state index in [4.69, 9.17) is 0 Å². The van der Waals surface area contributed by atoms with E-state index in [0.29, 0.717) is 6.54 Å². The Morgan fingerprint density at radius 1 is 1.27 bits per heavy atom. The number of aryl methyl sites for hydroxylation is 3. The topological polar surface area (TPSA) is 57.9 Å². The van der Waals surface area contributed by atoms with Gasteiger partial charge in [-0.2, -0.15) is 5.10 Å². The smallest absolute Gasteiger partial charge is 0.284 e. The number of aliphatic imine (C=N–C) groups is 1. The van der Waals surface area contributed by atoms with E-state index in [1.165, 1.54) is 11.2 Å². The Kier molecular flexibility index (Phi) is 7.21. The van der Waals surface area contributed by atoms with E-state index in [-0.39, 0.29) is 5.91 Å². The van der Waals surface area contributed by atoms with E-state index in [0.717, 1.165) is 38.8 Å². The molecule has 0 saturated heterocycles. The van der Waals surface area contributed by atoms with Gasteiger partial charge in [0.2, 0.25) is 0 Å². The average Bonchev–Trinajstić information content (AvgIpc) is 2.61. The van der Waals surface area contributed by atoms with Crippen molar-refractivity contribution >= 4 is 34.3 Å². The summed E-state index contributed by atoms with van der Waals surface area (Å²) in [4.78, 5) is 20.6. The number of pyridine rings is 1. The van der Waals surface area contributed by atoms with E-state index in [1.54, 1.807) is 19.5 Å². The lowest BCUT2D eigenvalue weighted by atomic mass is 10.1. The first-order chi connectivity index (χ1) is 12.4. The standard InChI is InChI=1S/C20H23BrN4O/c1-5-19-15(3)8-17(10-23-19)13-25(20(26)12-22-4)24-11-16-7-6-14(2)18(21)9-16/h6-12H,5,13H2,1-4H3/b22-12?,24-11+. The molecule has 0 saturated carbocycles. The second-order valence-electron chi connectivity index (χ2n) is 6.00. The molecule has 0 aliphatic carbocycles. The van der Waals surface area contributed by atoms with Crippen LogP contribution in [0.25, 0.3) is 0 Å². The maximum Gasteiger partial charge on any atom is 0.284 e. The maximum atomic E-state index is 12.3. The fourth-order valence-electron chi connectivity index (χ4n) is 2.47. The average molecular weight is 415 g/mol. The molecule has 6 heteroatoms. The van der Waals surface area contributed by atoms with Gasteiger partial charge in [0.1, 0.15) is 0 Å². The van der Waals surface area contributed by atoms with Gasteiger partial charge >= 0.3 is 0 Å². The number of carbonyl (C=O) groups is 1. The van der Waals surface area contributed by atoms with Crippen LogP contribution in [0.2, 0.25) is 0 Å². The van der Waals surface area contributed by atoms with Crippen LogP contribution in [0.5, 0.6) is 0 Å². The van der Waals surface area contributed by atoms with E-state index >= 15 is 0 Å². The monoisotopic (exact) mass is 414 g/mol. The molecule has 2 aromatic rings. The Bertz CT molecular complexity index is 846. The quantitative estimate of drug-likeness (QED) is 0.527. The van der Waals surface area contributed by atoms with Crippen molar-refractivity contribution in [2.45, 2.75) is 33.7 Å². The summed E-state index contributed by atoms with van der Waals surface area (Å²) in [7, 11) is 1.57. The van der Waals surface area contributed by atoms with Crippen molar-refractivity contribution in [2.24, 2.45) is 10.1 Å². The van der Waals surface area contributed by atoms with Gasteiger partial charge in [0.05, 0.1) is 19.0 Å². The summed E-state index contributed by atoms with van der Waals surface area (Å²) in [5.41, 5.74) is 5.16. The van der Waals surface area contributed by atoms with Gasteiger partial charge in [-0.1, -0.05) is 41.1 Å². The van der Waals surface area contributed by atoms with Gasteiger partial charge in [0.15, 0.2) is 0 Å². The Labute approximate surface area is 163 Å². The van der Waals surface area contributed by atoms with Crippen molar-refractivity contribution in [1.82, 2.24) is 9.99 Å². The molecule has 0 fully saturated rings. The third kappa shape index (κ3) is 5.33. The summed E-state index contributed by atoms with van der Waals surface area (Å²) in [6.45, 7) is 6.47. The number of carbonyl (C=O) groups excluding carboxylic acids is 1. The minimum Gasteiger partial charge on any atom is -0.291 e. The van der Waals surface area contributed by atoms with Gasteiger partial charge in [-0.3, -0.25) is 14.8 Å². The van der Waals surface area contributed by atoms with Crippen molar-refractivity contribution in [1.29, 1.82) is 0 Å². The number of nitrogens with zero attached hydrogens (tertiary/aromatic N) is 4. The Hall–Kier alpha value is -2.34. The Morgan fingerprint density at radius 3 is 2.65 bits per heavy atom. The summed E-state index contributed by atoms with van der Waals surface area (Å²) in [5, 5.41) is 5.76. The van der Waals surface area contributed by atoms with Gasteiger partial charge in [0, 0.05) is 23.4 Å². The second kappa shape index (κ2) is 9.38. The minimum absolute atomic E-state index is 0.271. The first-order valence-corrected chi connectivity index (χ1v) is 9.22. The third-order valence-electron chi connectivity index (χ3n) is 3.95. The molecule has 5 nitrogen and oxygen atoms in total. The highest BCUT2D eigenvalue weighted by atomic mass is 79.9. The fourth-order valence-corrected chi connectivity index (χ4v) is 2.87. The summed E-state index contributed by atoms with van der Waals surface area (Å²) < 4.78 is 1.00. The number of benzene rings is 1. The van der Waals surface area contributed by atoms with E-state index in [1.807, 2.05) is 38.1 Å². The number of halogens is 1. The van der Waals surface area contributed by atoms with E-state index in [9.17, 15) is 4.79 Å². The number of hydrazone groups is 1. The van der Waals surface area contributed by atoms with Gasteiger partial charge in [-0.25, -0.2) is 5.01 Å². The van der Waals surface area contributed by atoms with E-state index in [2.05, 4.69) is 37.9 Å². The molecule has 0 unspecified atom stereocenters. The van der Waals surface area contributed by atoms with Crippen molar-refractivity contribution in [3.8, 4) is 0 Å². The molecule has 1 amide bonds. The molecule has 1 aromatic carbocycles. The van der Waals surface area contributed by atoms with Crippen molar-refractivity contribution in [3.05, 3.63) is 62.9 Å². The Balaban J connectivity index is 2.25. The number of hydrogen-bond acceptors (Lipinski definition) is 4. The second-order valence-corrected chi connectivity index (χ2v) is 6.85. The number of amides is 1. The van der Waals surface area contributed by atoms with Gasteiger partial charge in [0.25, 0.3) is 5.91 Å². The molecule has 1 heterocycles. The zero-order valence-electron chi connectivity index (χ0n) is 15.5. The molecule has 2 rings (SSSR count). The van der Waals surface area contributed by atoms with Crippen LogP contribution < -0.4 is 0 Å². The molecule has 0 aliphatic rings. The molecular weight excluding hydrogens is 392 g/mol. The van der Waals surface area contributed by atoms with Gasteiger partial charge in [-0.15, -0.1) is 0 Å². The fraction of sp³-hybridized carbons (Fsp3) is 0.300. The van der Waals surface area contributed by atoms with Crippen LogP contribution in [-0.4, -0.2) is 35.4 Å². The predicted octanol–water partition coefficient (Wildman–Crippen LogP) is 4.09. The highest BCUT2D eigenvalue weighted by molar-refractivity contribution is 9.10. The molecule has 0 bridgehead atoms. The van der Waals surface area contributed by atoms with Crippen LogP contribution in [-0.2, 0) is 17.8 Å². The lowest BCUT2D eigenvalue weighted by Crippen LogP contribution is -2.26. The minimum atomic E-state index is -0.271. The number of hydrogen-bond donors (Lipinski definition) is 0. The van der Waals surface area contributed by atoms with Crippen LogP contribution >= 0.6 is 15.9 Å². The van der Waals surface area contributed by atoms with Crippen LogP contribution in [0.3, 0.4) is 0 Å². The normalized spacial score (nSPS) is 11.4. The summed E-state index contributed by atoms with van der Waals surface area (Å²) in [6.07, 6.45) is 5.63. The number of rotatable bonds is 6. The zero-order valence-corrected chi connectivity index (χ0v) is 17.1. The van der Waals surface area contributed by atoms with Crippen molar-refractivity contribution in [3.63, 3.8) is 0 Å². The largest absolute Gasteiger partial charge is 0.291 e. The Morgan fingerprint density at radius 2 is 2.04 bits per heavy atom. The zero-order chi connectivity index (χ0) is 19.1. The van der Waals surface area contributed by atoms with Crippen LogP contribution in [0.1, 0.15) is 34.9 Å². The summed E-state index contributed by atoms with van der Waals surface area (Å²) in [5.74, 6) is -0.271. The van der Waals surface area contributed by atoms with Gasteiger partial charge < -0.3 is 0 Å². The molecule has 0 aliphatic heterocycles. The summed E-state index contributed by atoms with van der Waals surface area (Å²) in [6, 6.07) is 7.98. The number of aromatic nitrogens is 1.